The molecule has 0 saturated heterocycles. The van der Waals surface area contributed by atoms with E-state index in [1.54, 1.807) is 6.07 Å². The predicted molar refractivity (Wildman–Crippen MR) is 127 cm³/mol. The molecule has 0 radical (unpaired) electrons. The first-order valence-electron chi connectivity index (χ1n) is 11.1. The summed E-state index contributed by atoms with van der Waals surface area (Å²) in [5.41, 5.74) is 4.48. The molecule has 174 valence electrons. The Hall–Kier alpha value is -4.20. The first-order chi connectivity index (χ1) is 16.5. The summed E-state index contributed by atoms with van der Waals surface area (Å²) < 4.78 is 5.50. The number of hydrogen-bond acceptors (Lipinski definition) is 5. The quantitative estimate of drug-likeness (QED) is 0.459. The number of pyridine rings is 1. The first kappa shape index (κ1) is 23.0. The fraction of sp³-hybridized carbons (Fsp3) is 0.231. The van der Waals surface area contributed by atoms with Gasteiger partial charge in [0, 0.05) is 5.92 Å². The number of nitrogens with one attached hydrogen (secondary N) is 2. The van der Waals surface area contributed by atoms with Gasteiger partial charge in [-0.25, -0.2) is 14.6 Å². The highest BCUT2D eigenvalue weighted by atomic mass is 16.5. The van der Waals surface area contributed by atoms with Gasteiger partial charge in [-0.3, -0.25) is 10.1 Å². The number of carboxylic acid groups (broad SMARTS) is 1. The van der Waals surface area contributed by atoms with Crippen LogP contribution in [0.4, 0.5) is 10.6 Å². The Morgan fingerprint density at radius 2 is 1.62 bits per heavy atom. The Morgan fingerprint density at radius 1 is 0.971 bits per heavy atom. The molecule has 1 aromatic heterocycles. The second-order valence-electron chi connectivity index (χ2n) is 8.01. The molecule has 0 unspecified atom stereocenters. The van der Waals surface area contributed by atoms with Crippen LogP contribution in [-0.4, -0.2) is 40.7 Å². The fourth-order valence-electron chi connectivity index (χ4n) is 4.15. The van der Waals surface area contributed by atoms with Gasteiger partial charge in [0.2, 0.25) is 0 Å². The minimum absolute atomic E-state index is 0.00111. The summed E-state index contributed by atoms with van der Waals surface area (Å²) >= 11 is 0. The molecule has 4 rings (SSSR count). The number of aromatic nitrogens is 1. The molecule has 1 heterocycles. The van der Waals surface area contributed by atoms with Crippen LogP contribution in [0.1, 0.15) is 47.3 Å². The van der Waals surface area contributed by atoms with Crippen LogP contribution in [0, 0.1) is 0 Å². The van der Waals surface area contributed by atoms with Crippen LogP contribution < -0.4 is 10.6 Å². The number of carbonyl (C=O) groups is 3. The van der Waals surface area contributed by atoms with Crippen molar-refractivity contribution in [1.29, 1.82) is 0 Å². The molecule has 0 bridgehead atoms. The third-order valence-corrected chi connectivity index (χ3v) is 5.74. The van der Waals surface area contributed by atoms with E-state index in [4.69, 9.17) is 4.74 Å². The van der Waals surface area contributed by atoms with Crippen molar-refractivity contribution < 1.29 is 24.2 Å². The monoisotopic (exact) mass is 459 g/mol. The summed E-state index contributed by atoms with van der Waals surface area (Å²) in [6, 6.07) is 19.6. The van der Waals surface area contributed by atoms with Gasteiger partial charge >= 0.3 is 12.1 Å². The van der Waals surface area contributed by atoms with Crippen LogP contribution in [0.25, 0.3) is 11.1 Å². The topological polar surface area (TPSA) is 118 Å². The van der Waals surface area contributed by atoms with Crippen molar-refractivity contribution in [1.82, 2.24) is 10.3 Å². The molecule has 2 aromatic carbocycles. The third kappa shape index (κ3) is 4.91. The number of fused-ring (bicyclic) bond motifs is 3. The van der Waals surface area contributed by atoms with Crippen molar-refractivity contribution in [3.8, 4) is 11.1 Å². The van der Waals surface area contributed by atoms with Crippen LogP contribution in [0.5, 0.6) is 0 Å². The summed E-state index contributed by atoms with van der Waals surface area (Å²) in [6.07, 6.45) is 0.216. The molecule has 1 aliphatic rings. The molecule has 0 spiro atoms. The number of aliphatic carboxylic acids is 1. The molecule has 8 nitrogen and oxygen atoms in total. The number of rotatable bonds is 8. The van der Waals surface area contributed by atoms with Crippen molar-refractivity contribution in [2.24, 2.45) is 0 Å². The summed E-state index contributed by atoms with van der Waals surface area (Å²) in [7, 11) is 0. The average Bonchev–Trinajstić information content (AvgIpc) is 3.16. The van der Waals surface area contributed by atoms with Gasteiger partial charge in [-0.05, 0) is 40.8 Å². The summed E-state index contributed by atoms with van der Waals surface area (Å²) in [5, 5.41) is 14.2. The Kier molecular flexibility index (Phi) is 6.87. The molecule has 0 saturated carbocycles. The second-order valence-corrected chi connectivity index (χ2v) is 8.01. The van der Waals surface area contributed by atoms with Gasteiger partial charge < -0.3 is 15.2 Å². The van der Waals surface area contributed by atoms with Crippen LogP contribution in [0.2, 0.25) is 0 Å². The van der Waals surface area contributed by atoms with Gasteiger partial charge in [0.15, 0.2) is 0 Å². The maximum Gasteiger partial charge on any atom is 0.412 e. The Bertz CT molecular complexity index is 1180. The van der Waals surface area contributed by atoms with Gasteiger partial charge in [0.1, 0.15) is 24.2 Å². The number of anilines is 1. The van der Waals surface area contributed by atoms with Crippen LogP contribution in [0.15, 0.2) is 66.7 Å². The summed E-state index contributed by atoms with van der Waals surface area (Å²) in [5.74, 6) is -1.68. The zero-order chi connectivity index (χ0) is 24.1. The van der Waals surface area contributed by atoms with E-state index < -0.39 is 24.0 Å². The molecular weight excluding hydrogens is 434 g/mol. The lowest BCUT2D eigenvalue weighted by molar-refractivity contribution is -0.139. The highest BCUT2D eigenvalue weighted by Crippen LogP contribution is 2.44. The van der Waals surface area contributed by atoms with E-state index in [2.05, 4.69) is 27.8 Å². The molecule has 3 aromatic rings. The minimum Gasteiger partial charge on any atom is -0.480 e. The normalized spacial score (nSPS) is 12.9. The molecule has 1 atom stereocenters. The Balaban J connectivity index is 1.40. The second kappa shape index (κ2) is 10.2. The van der Waals surface area contributed by atoms with E-state index in [1.807, 2.05) is 43.3 Å². The van der Waals surface area contributed by atoms with Gasteiger partial charge in [0.25, 0.3) is 5.91 Å². The van der Waals surface area contributed by atoms with Crippen LogP contribution in [-0.2, 0) is 9.53 Å². The number of hydrogen-bond donors (Lipinski definition) is 3. The minimum atomic E-state index is -1.11. The summed E-state index contributed by atoms with van der Waals surface area (Å²) in [4.78, 5) is 40.3. The maximum absolute atomic E-state index is 12.5. The average molecular weight is 460 g/mol. The lowest BCUT2D eigenvalue weighted by atomic mass is 9.98. The molecule has 0 fully saturated rings. The van der Waals surface area contributed by atoms with Crippen molar-refractivity contribution in [2.75, 3.05) is 11.9 Å². The van der Waals surface area contributed by atoms with Crippen LogP contribution in [0.3, 0.4) is 0 Å². The lowest BCUT2D eigenvalue weighted by Gasteiger charge is -2.15. The number of amides is 2. The maximum atomic E-state index is 12.5. The van der Waals surface area contributed by atoms with Gasteiger partial charge in [0.05, 0.1) is 0 Å². The van der Waals surface area contributed by atoms with Crippen molar-refractivity contribution >= 4 is 23.8 Å². The molecule has 0 aliphatic heterocycles. The molecule has 34 heavy (non-hydrogen) atoms. The molecule has 1 aliphatic carbocycles. The standard InChI is InChI=1S/C26H25N3O5/c1-2-8-22(25(31)32)28-24(30)21-13-7-14-23(27-21)29-26(33)34-15-20-18-11-5-3-9-16(18)17-10-4-6-12-19(17)20/h3-7,9-14,20,22H,2,8,15H2,1H3,(H,28,30)(H,31,32)(H,27,29,33)/t22-/m0/s1. The van der Waals surface area contributed by atoms with Gasteiger partial charge in [-0.2, -0.15) is 0 Å². The van der Waals surface area contributed by atoms with E-state index in [1.165, 1.54) is 12.1 Å². The number of nitrogens with zero attached hydrogens (tertiary/aromatic N) is 1. The van der Waals surface area contributed by atoms with E-state index in [-0.39, 0.29) is 24.0 Å². The smallest absolute Gasteiger partial charge is 0.412 e. The number of carbonyl (C=O) groups excluding carboxylic acids is 2. The van der Waals surface area contributed by atoms with E-state index in [9.17, 15) is 19.5 Å². The van der Waals surface area contributed by atoms with Gasteiger partial charge in [-0.1, -0.05) is 67.9 Å². The van der Waals surface area contributed by atoms with Crippen molar-refractivity contribution in [3.05, 3.63) is 83.6 Å². The van der Waals surface area contributed by atoms with Crippen molar-refractivity contribution in [3.63, 3.8) is 0 Å². The highest BCUT2D eigenvalue weighted by molar-refractivity contribution is 5.95. The fourth-order valence-corrected chi connectivity index (χ4v) is 4.15. The Morgan fingerprint density at radius 3 is 2.24 bits per heavy atom. The SMILES string of the molecule is CCC[C@H](NC(=O)c1cccc(NC(=O)OCC2c3ccccc3-c3ccccc32)n1)C(=O)O. The van der Waals surface area contributed by atoms with E-state index in [0.717, 1.165) is 22.3 Å². The Labute approximate surface area is 197 Å². The van der Waals surface area contributed by atoms with E-state index >= 15 is 0 Å². The summed E-state index contributed by atoms with van der Waals surface area (Å²) in [6.45, 7) is 1.98. The van der Waals surface area contributed by atoms with E-state index in [0.29, 0.717) is 12.8 Å². The number of carboxylic acids is 1. The molecular formula is C26H25N3O5. The third-order valence-electron chi connectivity index (χ3n) is 5.74. The van der Waals surface area contributed by atoms with Crippen LogP contribution >= 0.6 is 0 Å². The zero-order valence-electron chi connectivity index (χ0n) is 18.7. The molecule has 8 heteroatoms. The molecule has 2 amide bonds. The lowest BCUT2D eigenvalue weighted by Crippen LogP contribution is -2.41. The predicted octanol–water partition coefficient (Wildman–Crippen LogP) is 4.43. The highest BCUT2D eigenvalue weighted by Gasteiger charge is 2.29. The zero-order valence-corrected chi connectivity index (χ0v) is 18.7. The van der Waals surface area contributed by atoms with Gasteiger partial charge in [-0.15, -0.1) is 0 Å². The first-order valence-corrected chi connectivity index (χ1v) is 11.1. The molecule has 3 N–H and O–H groups in total. The van der Waals surface area contributed by atoms with Crippen molar-refractivity contribution in [2.45, 2.75) is 31.7 Å². The number of ether oxygens (including phenoxy) is 1. The number of benzene rings is 2. The largest absolute Gasteiger partial charge is 0.480 e.